The summed E-state index contributed by atoms with van der Waals surface area (Å²) < 4.78 is 11.8. The van der Waals surface area contributed by atoms with Crippen LogP contribution in [0, 0.1) is 0 Å². The first-order chi connectivity index (χ1) is 13.5. The summed E-state index contributed by atoms with van der Waals surface area (Å²) in [4.78, 5) is 0. The molecule has 1 aromatic heterocycles. The van der Waals surface area contributed by atoms with E-state index in [4.69, 9.17) is 60.7 Å². The Morgan fingerprint density at radius 1 is 0.929 bits per heavy atom. The van der Waals surface area contributed by atoms with E-state index in [2.05, 4.69) is 0 Å². The number of benzene rings is 2. The molecule has 28 heavy (non-hydrogen) atoms. The van der Waals surface area contributed by atoms with Gasteiger partial charge in [0.1, 0.15) is 17.2 Å². The normalized spacial score (nSPS) is 20.4. The molecule has 0 spiro atoms. The maximum atomic E-state index is 6.47. The van der Waals surface area contributed by atoms with Gasteiger partial charge in [-0.2, -0.15) is 5.10 Å². The fraction of sp³-hybridized carbons (Fsp3) is 0.150. The van der Waals surface area contributed by atoms with Crippen LogP contribution in [0.2, 0.25) is 20.1 Å². The van der Waals surface area contributed by atoms with Gasteiger partial charge in [-0.25, -0.2) is 5.01 Å². The zero-order valence-electron chi connectivity index (χ0n) is 14.2. The van der Waals surface area contributed by atoms with Crippen molar-refractivity contribution in [3.63, 3.8) is 0 Å². The molecular weight excluding hydrogens is 442 g/mol. The fourth-order valence-electron chi connectivity index (χ4n) is 3.61. The number of rotatable bonds is 2. The lowest BCUT2D eigenvalue weighted by molar-refractivity contribution is -0.0188. The van der Waals surface area contributed by atoms with E-state index in [0.717, 1.165) is 16.8 Å². The van der Waals surface area contributed by atoms with Gasteiger partial charge in [0.05, 0.1) is 22.4 Å². The second kappa shape index (κ2) is 6.89. The van der Waals surface area contributed by atoms with Crippen LogP contribution in [0.1, 0.15) is 35.6 Å². The fourth-order valence-corrected chi connectivity index (χ4v) is 4.67. The van der Waals surface area contributed by atoms with E-state index in [1.165, 1.54) is 0 Å². The summed E-state index contributed by atoms with van der Waals surface area (Å²) in [5.41, 5.74) is 2.44. The molecule has 0 radical (unpaired) electrons. The van der Waals surface area contributed by atoms with Gasteiger partial charge < -0.3 is 9.15 Å². The first-order valence-electron chi connectivity index (χ1n) is 8.51. The topological polar surface area (TPSA) is 38.0 Å². The average molecular weight is 454 g/mol. The zero-order chi connectivity index (χ0) is 19.4. The van der Waals surface area contributed by atoms with Crippen molar-refractivity contribution in [1.82, 2.24) is 5.01 Å². The number of ether oxygens (including phenoxy) is 1. The summed E-state index contributed by atoms with van der Waals surface area (Å²) >= 11 is 25.2. The largest absolute Gasteiger partial charge is 0.463 e. The third-order valence-corrected chi connectivity index (χ3v) is 5.90. The smallest absolute Gasteiger partial charge is 0.215 e. The SMILES string of the molecule is Clc1ccc([C@@H]2Oc3c(Cl)cc(Cl)cc3[C@@H]3CC(c4ccco4)=NN32)c(Cl)c1. The molecule has 0 saturated heterocycles. The minimum absolute atomic E-state index is 0.114. The molecular formula is C20H12Cl4N2O2. The Morgan fingerprint density at radius 3 is 2.50 bits per heavy atom. The highest BCUT2D eigenvalue weighted by Crippen LogP contribution is 2.51. The molecule has 2 aliphatic heterocycles. The molecule has 2 atom stereocenters. The molecule has 142 valence electrons. The molecule has 3 heterocycles. The Kier molecular flexibility index (Phi) is 4.48. The first-order valence-corrected chi connectivity index (χ1v) is 10.0. The lowest BCUT2D eigenvalue weighted by atomic mass is 9.97. The van der Waals surface area contributed by atoms with Gasteiger partial charge in [0.2, 0.25) is 6.23 Å². The Morgan fingerprint density at radius 2 is 1.75 bits per heavy atom. The third kappa shape index (κ3) is 2.96. The van der Waals surface area contributed by atoms with Crippen LogP contribution < -0.4 is 4.74 Å². The molecule has 0 N–H and O–H groups in total. The minimum atomic E-state index is -0.562. The van der Waals surface area contributed by atoms with Crippen LogP contribution in [-0.2, 0) is 0 Å². The standard InChI is InChI=1S/C20H12Cl4N2O2/c21-10-3-4-12(14(23)7-10)20-26-17(9-16(25-26)18-2-1-5-27-18)13-6-11(22)8-15(24)19(13)28-20/h1-8,17,20H,9H2/t17-,20-/m0/s1. The molecule has 0 aliphatic carbocycles. The van der Waals surface area contributed by atoms with Crippen LogP contribution >= 0.6 is 46.4 Å². The zero-order valence-corrected chi connectivity index (χ0v) is 17.2. The molecule has 3 aromatic rings. The molecule has 0 unspecified atom stereocenters. The summed E-state index contributed by atoms with van der Waals surface area (Å²) in [6.07, 6.45) is 1.69. The number of fused-ring (bicyclic) bond motifs is 3. The summed E-state index contributed by atoms with van der Waals surface area (Å²) in [6.45, 7) is 0. The number of hydrazone groups is 1. The molecule has 0 amide bonds. The van der Waals surface area contributed by atoms with Gasteiger partial charge in [0.15, 0.2) is 0 Å². The number of furan rings is 1. The van der Waals surface area contributed by atoms with Crippen molar-refractivity contribution in [3.8, 4) is 5.75 Å². The molecule has 2 aromatic carbocycles. The van der Waals surface area contributed by atoms with E-state index in [1.54, 1.807) is 24.5 Å². The van der Waals surface area contributed by atoms with Gasteiger partial charge in [-0.1, -0.05) is 52.5 Å². The van der Waals surface area contributed by atoms with Crippen LogP contribution in [0.4, 0.5) is 0 Å². The molecule has 0 fully saturated rings. The van der Waals surface area contributed by atoms with Crippen molar-refractivity contribution >= 4 is 52.1 Å². The lowest BCUT2D eigenvalue weighted by Crippen LogP contribution is -2.34. The predicted molar refractivity (Wildman–Crippen MR) is 111 cm³/mol. The lowest BCUT2D eigenvalue weighted by Gasteiger charge is -2.39. The van der Waals surface area contributed by atoms with Crippen LogP contribution in [0.15, 0.2) is 58.2 Å². The van der Waals surface area contributed by atoms with Crippen LogP contribution in [0.3, 0.4) is 0 Å². The minimum Gasteiger partial charge on any atom is -0.463 e. The van der Waals surface area contributed by atoms with Gasteiger partial charge in [0.25, 0.3) is 0 Å². The van der Waals surface area contributed by atoms with E-state index < -0.39 is 6.23 Å². The predicted octanol–water partition coefficient (Wildman–Crippen LogP) is 7.14. The Labute approximate surface area is 181 Å². The van der Waals surface area contributed by atoms with Crippen molar-refractivity contribution in [3.05, 3.63) is 85.7 Å². The van der Waals surface area contributed by atoms with Gasteiger partial charge in [-0.05, 0) is 36.4 Å². The quantitative estimate of drug-likeness (QED) is 0.414. The Balaban J connectivity index is 1.66. The number of halogens is 4. The van der Waals surface area contributed by atoms with Gasteiger partial charge in [-0.3, -0.25) is 0 Å². The Bertz CT molecular complexity index is 1100. The molecule has 4 nitrogen and oxygen atoms in total. The van der Waals surface area contributed by atoms with Crippen LogP contribution in [0.5, 0.6) is 5.75 Å². The summed E-state index contributed by atoms with van der Waals surface area (Å²) in [5, 5.41) is 8.69. The van der Waals surface area contributed by atoms with E-state index >= 15 is 0 Å². The highest BCUT2D eigenvalue weighted by molar-refractivity contribution is 6.36. The number of hydrogen-bond donors (Lipinski definition) is 0. The second-order valence-electron chi connectivity index (χ2n) is 6.57. The molecule has 5 rings (SSSR count). The maximum absolute atomic E-state index is 6.47. The van der Waals surface area contributed by atoms with E-state index in [-0.39, 0.29) is 6.04 Å². The summed E-state index contributed by atoms with van der Waals surface area (Å²) in [7, 11) is 0. The molecule has 0 bridgehead atoms. The Hall–Kier alpha value is -1.85. The van der Waals surface area contributed by atoms with Crippen LogP contribution in [0.25, 0.3) is 0 Å². The van der Waals surface area contributed by atoms with Crippen molar-refractivity contribution in [2.45, 2.75) is 18.7 Å². The first kappa shape index (κ1) is 18.2. The van der Waals surface area contributed by atoms with Crippen molar-refractivity contribution in [2.75, 3.05) is 0 Å². The van der Waals surface area contributed by atoms with E-state index in [0.29, 0.717) is 38.0 Å². The highest BCUT2D eigenvalue weighted by atomic mass is 35.5. The number of hydrogen-bond acceptors (Lipinski definition) is 4. The monoisotopic (exact) mass is 452 g/mol. The van der Waals surface area contributed by atoms with E-state index in [9.17, 15) is 0 Å². The highest BCUT2D eigenvalue weighted by Gasteiger charge is 2.43. The summed E-state index contributed by atoms with van der Waals surface area (Å²) in [5.74, 6) is 1.30. The third-order valence-electron chi connectivity index (χ3n) is 4.84. The molecule has 0 saturated carbocycles. The van der Waals surface area contributed by atoms with Gasteiger partial charge >= 0.3 is 0 Å². The van der Waals surface area contributed by atoms with Crippen LogP contribution in [-0.4, -0.2) is 10.7 Å². The van der Waals surface area contributed by atoms with Crippen molar-refractivity contribution in [2.24, 2.45) is 5.10 Å². The van der Waals surface area contributed by atoms with Crippen molar-refractivity contribution in [1.29, 1.82) is 0 Å². The van der Waals surface area contributed by atoms with Crippen molar-refractivity contribution < 1.29 is 9.15 Å². The van der Waals surface area contributed by atoms with Gasteiger partial charge in [-0.15, -0.1) is 0 Å². The van der Waals surface area contributed by atoms with E-state index in [1.807, 2.05) is 29.3 Å². The number of nitrogens with zero attached hydrogens (tertiary/aromatic N) is 2. The molecule has 2 aliphatic rings. The average Bonchev–Trinajstić information content (AvgIpc) is 3.31. The summed E-state index contributed by atoms with van der Waals surface area (Å²) in [6, 6.07) is 12.4. The van der Waals surface area contributed by atoms with Gasteiger partial charge in [0, 0.05) is 27.6 Å². The maximum Gasteiger partial charge on any atom is 0.215 e. The second-order valence-corrected chi connectivity index (χ2v) is 8.25. The molecule has 8 heteroatoms.